The summed E-state index contributed by atoms with van der Waals surface area (Å²) in [4.78, 5) is 14.7. The molecule has 0 fully saturated rings. The molecule has 0 aliphatic heterocycles. The van der Waals surface area contributed by atoms with Gasteiger partial charge in [0.1, 0.15) is 0 Å². The maximum absolute atomic E-state index is 10.6. The Morgan fingerprint density at radius 1 is 1.06 bits per heavy atom. The third-order valence-corrected chi connectivity index (χ3v) is 2.28. The van der Waals surface area contributed by atoms with Crippen LogP contribution in [0.25, 0.3) is 12.2 Å². The van der Waals surface area contributed by atoms with Crippen LogP contribution in [0.3, 0.4) is 0 Å². The van der Waals surface area contributed by atoms with E-state index in [1.54, 1.807) is 12.1 Å². The van der Waals surface area contributed by atoms with E-state index >= 15 is 0 Å². The second kappa shape index (κ2) is 5.07. The zero-order chi connectivity index (χ0) is 12.1. The third-order valence-electron chi connectivity index (χ3n) is 2.28. The monoisotopic (exact) mass is 225 g/mol. The van der Waals surface area contributed by atoms with Gasteiger partial charge in [0, 0.05) is 6.20 Å². The molecule has 0 aliphatic rings. The Morgan fingerprint density at radius 3 is 2.41 bits per heavy atom. The Balaban J connectivity index is 2.14. The van der Waals surface area contributed by atoms with Crippen LogP contribution < -0.4 is 0 Å². The van der Waals surface area contributed by atoms with Gasteiger partial charge in [0.05, 0.1) is 11.3 Å². The van der Waals surface area contributed by atoms with Crippen molar-refractivity contribution in [1.29, 1.82) is 0 Å². The molecule has 1 aromatic carbocycles. The van der Waals surface area contributed by atoms with Crippen molar-refractivity contribution in [3.63, 3.8) is 0 Å². The van der Waals surface area contributed by atoms with Crippen LogP contribution in [0, 0.1) is 0 Å². The smallest absolute Gasteiger partial charge is 0.337 e. The number of hydrogen-bond acceptors (Lipinski definition) is 2. The lowest BCUT2D eigenvalue weighted by atomic mass is 10.2. The minimum absolute atomic E-state index is 0.196. The third kappa shape index (κ3) is 3.01. The molecular formula is C14H11NO2. The molecule has 84 valence electrons. The van der Waals surface area contributed by atoms with Crippen LogP contribution in [0.15, 0.2) is 48.7 Å². The van der Waals surface area contributed by atoms with Gasteiger partial charge in [0.15, 0.2) is 0 Å². The molecule has 3 nitrogen and oxygen atoms in total. The zero-order valence-electron chi connectivity index (χ0n) is 9.08. The molecule has 0 bridgehead atoms. The number of hydrogen-bond donors (Lipinski definition) is 1. The number of aromatic carboxylic acids is 1. The predicted molar refractivity (Wildman–Crippen MR) is 66.6 cm³/mol. The molecule has 17 heavy (non-hydrogen) atoms. The highest BCUT2D eigenvalue weighted by molar-refractivity contribution is 5.87. The van der Waals surface area contributed by atoms with E-state index in [1.165, 1.54) is 6.20 Å². The maximum Gasteiger partial charge on any atom is 0.337 e. The van der Waals surface area contributed by atoms with E-state index in [4.69, 9.17) is 5.11 Å². The fourth-order valence-electron chi connectivity index (χ4n) is 1.38. The number of rotatable bonds is 3. The van der Waals surface area contributed by atoms with Gasteiger partial charge in [-0.3, -0.25) is 4.98 Å². The van der Waals surface area contributed by atoms with Gasteiger partial charge >= 0.3 is 5.97 Å². The lowest BCUT2D eigenvalue weighted by molar-refractivity contribution is 0.0696. The average Bonchev–Trinajstić information content (AvgIpc) is 2.38. The normalized spacial score (nSPS) is 10.6. The first-order valence-corrected chi connectivity index (χ1v) is 5.18. The minimum Gasteiger partial charge on any atom is -0.478 e. The topological polar surface area (TPSA) is 50.2 Å². The van der Waals surface area contributed by atoms with Crippen LogP contribution in [0.2, 0.25) is 0 Å². The quantitative estimate of drug-likeness (QED) is 0.873. The molecule has 1 heterocycles. The Hall–Kier alpha value is -2.42. The van der Waals surface area contributed by atoms with E-state index in [2.05, 4.69) is 4.98 Å². The predicted octanol–water partition coefficient (Wildman–Crippen LogP) is 2.95. The molecule has 3 heteroatoms. The standard InChI is InChI=1S/C14H11NO2/c16-14(17)12-7-9-13(15-10-12)8-6-11-4-2-1-3-5-11/h1-10H,(H,16,17)/b8-6+. The van der Waals surface area contributed by atoms with Crippen molar-refractivity contribution in [2.45, 2.75) is 0 Å². The van der Waals surface area contributed by atoms with E-state index < -0.39 is 5.97 Å². The summed E-state index contributed by atoms with van der Waals surface area (Å²) in [7, 11) is 0. The molecule has 1 N–H and O–H groups in total. The lowest BCUT2D eigenvalue weighted by Gasteiger charge is -1.95. The van der Waals surface area contributed by atoms with Crippen LogP contribution in [0.5, 0.6) is 0 Å². The first-order valence-electron chi connectivity index (χ1n) is 5.18. The van der Waals surface area contributed by atoms with E-state index in [1.807, 2.05) is 42.5 Å². The summed E-state index contributed by atoms with van der Waals surface area (Å²) >= 11 is 0. The maximum atomic E-state index is 10.6. The molecular weight excluding hydrogens is 214 g/mol. The second-order valence-electron chi connectivity index (χ2n) is 3.52. The second-order valence-corrected chi connectivity index (χ2v) is 3.52. The number of carbonyl (C=O) groups is 1. The highest BCUT2D eigenvalue weighted by atomic mass is 16.4. The summed E-state index contributed by atoms with van der Waals surface area (Å²) in [5, 5.41) is 8.73. The van der Waals surface area contributed by atoms with Gasteiger partial charge < -0.3 is 5.11 Å². The average molecular weight is 225 g/mol. The molecule has 0 aliphatic carbocycles. The van der Waals surface area contributed by atoms with Crippen molar-refractivity contribution in [3.05, 3.63) is 65.5 Å². The fourth-order valence-corrected chi connectivity index (χ4v) is 1.38. The Labute approximate surface area is 99.1 Å². The fraction of sp³-hybridized carbons (Fsp3) is 0. The van der Waals surface area contributed by atoms with Crippen molar-refractivity contribution < 1.29 is 9.90 Å². The van der Waals surface area contributed by atoms with Crippen LogP contribution >= 0.6 is 0 Å². The van der Waals surface area contributed by atoms with Crippen molar-refractivity contribution in [1.82, 2.24) is 4.98 Å². The van der Waals surface area contributed by atoms with Crippen LogP contribution in [-0.2, 0) is 0 Å². The number of benzene rings is 1. The first-order chi connectivity index (χ1) is 8.25. The highest BCUT2D eigenvalue weighted by Crippen LogP contribution is 2.07. The largest absolute Gasteiger partial charge is 0.478 e. The summed E-state index contributed by atoms with van der Waals surface area (Å²) in [5.74, 6) is -0.962. The number of pyridine rings is 1. The van der Waals surface area contributed by atoms with Crippen molar-refractivity contribution in [2.75, 3.05) is 0 Å². The van der Waals surface area contributed by atoms with Gasteiger partial charge in [-0.15, -0.1) is 0 Å². The summed E-state index contributed by atoms with van der Waals surface area (Å²) in [6.07, 6.45) is 5.14. The van der Waals surface area contributed by atoms with Gasteiger partial charge in [0.2, 0.25) is 0 Å². The van der Waals surface area contributed by atoms with Gasteiger partial charge in [-0.05, 0) is 23.8 Å². The number of carboxylic acid groups (broad SMARTS) is 1. The molecule has 0 atom stereocenters. The van der Waals surface area contributed by atoms with E-state index in [-0.39, 0.29) is 5.56 Å². The summed E-state index contributed by atoms with van der Waals surface area (Å²) < 4.78 is 0. The Bertz CT molecular complexity index is 530. The molecule has 2 rings (SSSR count). The molecule has 0 saturated carbocycles. The van der Waals surface area contributed by atoms with Crippen LogP contribution in [0.4, 0.5) is 0 Å². The molecule has 0 radical (unpaired) electrons. The number of aromatic nitrogens is 1. The Kier molecular flexibility index (Phi) is 3.31. The van der Waals surface area contributed by atoms with Gasteiger partial charge in [-0.2, -0.15) is 0 Å². The molecule has 0 amide bonds. The molecule has 2 aromatic rings. The van der Waals surface area contributed by atoms with Gasteiger partial charge in [-0.25, -0.2) is 4.79 Å². The Morgan fingerprint density at radius 2 is 1.82 bits per heavy atom. The van der Waals surface area contributed by atoms with E-state index in [0.29, 0.717) is 0 Å². The van der Waals surface area contributed by atoms with Gasteiger partial charge in [-0.1, -0.05) is 36.4 Å². The number of carboxylic acids is 1. The first kappa shape index (κ1) is 11.1. The molecule has 0 unspecified atom stereocenters. The SMILES string of the molecule is O=C(O)c1ccc(/C=C/c2ccccc2)nc1. The highest BCUT2D eigenvalue weighted by Gasteiger charge is 2.00. The van der Waals surface area contributed by atoms with E-state index in [0.717, 1.165) is 11.3 Å². The minimum atomic E-state index is -0.962. The summed E-state index contributed by atoms with van der Waals surface area (Å²) in [6.45, 7) is 0. The van der Waals surface area contributed by atoms with Crippen molar-refractivity contribution in [3.8, 4) is 0 Å². The van der Waals surface area contributed by atoms with Crippen molar-refractivity contribution in [2.24, 2.45) is 0 Å². The lowest BCUT2D eigenvalue weighted by Crippen LogP contribution is -1.96. The van der Waals surface area contributed by atoms with Crippen LogP contribution in [0.1, 0.15) is 21.6 Å². The van der Waals surface area contributed by atoms with E-state index in [9.17, 15) is 4.79 Å². The van der Waals surface area contributed by atoms with Crippen LogP contribution in [-0.4, -0.2) is 16.1 Å². The van der Waals surface area contributed by atoms with Crippen molar-refractivity contribution >= 4 is 18.1 Å². The number of nitrogens with zero attached hydrogens (tertiary/aromatic N) is 1. The summed E-state index contributed by atoms with van der Waals surface area (Å²) in [6, 6.07) is 13.1. The molecule has 0 spiro atoms. The zero-order valence-corrected chi connectivity index (χ0v) is 9.08. The molecule has 0 saturated heterocycles. The van der Waals surface area contributed by atoms with Gasteiger partial charge in [0.25, 0.3) is 0 Å². The summed E-state index contributed by atoms with van der Waals surface area (Å²) in [5.41, 5.74) is 2.01. The molecule has 1 aromatic heterocycles.